The number of fused-ring (bicyclic) bond motifs is 1. The van der Waals surface area contributed by atoms with Crippen molar-refractivity contribution in [2.24, 2.45) is 0 Å². The van der Waals surface area contributed by atoms with Crippen LogP contribution in [0.15, 0.2) is 30.3 Å². The van der Waals surface area contributed by atoms with Gasteiger partial charge in [-0.1, -0.05) is 19.1 Å². The Bertz CT molecular complexity index is 539. The van der Waals surface area contributed by atoms with Crippen LogP contribution < -0.4 is 5.32 Å². The first kappa shape index (κ1) is 14.0. The molecule has 0 radical (unpaired) electrons. The number of methoxy groups -OCH3 is 1. The van der Waals surface area contributed by atoms with Gasteiger partial charge in [0.2, 0.25) is 0 Å². The third-order valence-corrected chi connectivity index (χ3v) is 3.32. The summed E-state index contributed by atoms with van der Waals surface area (Å²) in [4.78, 5) is 4.54. The van der Waals surface area contributed by atoms with Crippen molar-refractivity contribution in [2.75, 3.05) is 20.3 Å². The molecule has 0 saturated carbocycles. The van der Waals surface area contributed by atoms with Crippen molar-refractivity contribution in [2.45, 2.75) is 26.3 Å². The van der Waals surface area contributed by atoms with Crippen LogP contribution in [0.1, 0.15) is 30.6 Å². The molecule has 1 aromatic carbocycles. The van der Waals surface area contributed by atoms with Crippen LogP contribution in [0.4, 0.5) is 0 Å². The molecule has 102 valence electrons. The number of rotatable bonds is 6. The van der Waals surface area contributed by atoms with Crippen LogP contribution in [0.5, 0.6) is 0 Å². The number of nitrogens with zero attached hydrogens (tertiary/aromatic N) is 1. The minimum atomic E-state index is 0.343. The third kappa shape index (κ3) is 3.52. The fourth-order valence-electron chi connectivity index (χ4n) is 2.33. The lowest BCUT2D eigenvalue weighted by atomic mass is 10.0. The highest BCUT2D eigenvalue weighted by Gasteiger charge is 2.10. The molecule has 0 aliphatic rings. The predicted molar refractivity (Wildman–Crippen MR) is 79.4 cm³/mol. The van der Waals surface area contributed by atoms with E-state index in [4.69, 9.17) is 4.74 Å². The molecule has 0 bridgehead atoms. The third-order valence-electron chi connectivity index (χ3n) is 3.32. The summed E-state index contributed by atoms with van der Waals surface area (Å²) in [7, 11) is 1.75. The largest absolute Gasteiger partial charge is 0.385 e. The van der Waals surface area contributed by atoms with Crippen molar-refractivity contribution in [3.05, 3.63) is 41.6 Å². The molecule has 0 saturated heterocycles. The van der Waals surface area contributed by atoms with E-state index in [1.165, 1.54) is 10.9 Å². The Morgan fingerprint density at radius 3 is 2.84 bits per heavy atom. The first-order chi connectivity index (χ1) is 9.24. The van der Waals surface area contributed by atoms with Crippen molar-refractivity contribution >= 4 is 10.9 Å². The molecule has 1 unspecified atom stereocenters. The van der Waals surface area contributed by atoms with Gasteiger partial charge in [0, 0.05) is 30.8 Å². The van der Waals surface area contributed by atoms with Gasteiger partial charge in [0.05, 0.1) is 5.52 Å². The van der Waals surface area contributed by atoms with E-state index in [9.17, 15) is 0 Å². The van der Waals surface area contributed by atoms with Crippen molar-refractivity contribution in [1.29, 1.82) is 0 Å². The zero-order chi connectivity index (χ0) is 13.7. The average Bonchev–Trinajstić information content (AvgIpc) is 2.43. The smallest absolute Gasteiger partial charge is 0.0705 e. The Morgan fingerprint density at radius 1 is 1.26 bits per heavy atom. The summed E-state index contributed by atoms with van der Waals surface area (Å²) in [5, 5.41) is 4.71. The number of aryl methyl sites for hydroxylation is 1. The summed E-state index contributed by atoms with van der Waals surface area (Å²) >= 11 is 0. The maximum atomic E-state index is 5.19. The number of hydrogen-bond acceptors (Lipinski definition) is 3. The second kappa shape index (κ2) is 6.64. The second-order valence-electron chi connectivity index (χ2n) is 4.80. The van der Waals surface area contributed by atoms with Gasteiger partial charge in [-0.05, 0) is 43.7 Å². The Labute approximate surface area is 115 Å². The van der Waals surface area contributed by atoms with Crippen molar-refractivity contribution < 1.29 is 4.74 Å². The quantitative estimate of drug-likeness (QED) is 0.863. The Morgan fingerprint density at radius 2 is 2.11 bits per heavy atom. The SMILES string of the molecule is CCNC(CCOC)c1ccc2nc(C)ccc2c1. The molecular weight excluding hydrogens is 236 g/mol. The van der Waals surface area contributed by atoms with E-state index in [1.54, 1.807) is 7.11 Å². The van der Waals surface area contributed by atoms with E-state index in [0.29, 0.717) is 6.04 Å². The molecule has 3 heteroatoms. The van der Waals surface area contributed by atoms with Crippen LogP contribution in [-0.4, -0.2) is 25.2 Å². The van der Waals surface area contributed by atoms with Crippen LogP contribution in [0.25, 0.3) is 10.9 Å². The summed E-state index contributed by atoms with van der Waals surface area (Å²) in [6, 6.07) is 11.0. The minimum Gasteiger partial charge on any atom is -0.385 e. The maximum absolute atomic E-state index is 5.19. The normalized spacial score (nSPS) is 12.8. The zero-order valence-electron chi connectivity index (χ0n) is 11.9. The standard InChI is InChI=1S/C16H22N2O/c1-4-17-15(9-10-19-3)13-7-8-16-14(11-13)6-5-12(2)18-16/h5-8,11,15,17H,4,9-10H2,1-3H3. The van der Waals surface area contributed by atoms with E-state index < -0.39 is 0 Å². The van der Waals surface area contributed by atoms with E-state index in [0.717, 1.165) is 30.8 Å². The van der Waals surface area contributed by atoms with Gasteiger partial charge in [0.25, 0.3) is 0 Å². The summed E-state index contributed by atoms with van der Waals surface area (Å²) in [6.07, 6.45) is 0.981. The molecular formula is C16H22N2O. The van der Waals surface area contributed by atoms with Gasteiger partial charge in [-0.3, -0.25) is 4.98 Å². The number of ether oxygens (including phenoxy) is 1. The number of aromatic nitrogens is 1. The molecule has 1 heterocycles. The molecule has 0 aliphatic heterocycles. The molecule has 1 atom stereocenters. The van der Waals surface area contributed by atoms with Gasteiger partial charge in [-0.25, -0.2) is 0 Å². The fraction of sp³-hybridized carbons (Fsp3) is 0.438. The molecule has 1 aromatic heterocycles. The highest BCUT2D eigenvalue weighted by molar-refractivity contribution is 5.79. The Balaban J connectivity index is 2.29. The first-order valence-electron chi connectivity index (χ1n) is 6.84. The number of hydrogen-bond donors (Lipinski definition) is 1. The van der Waals surface area contributed by atoms with Gasteiger partial charge in [0.1, 0.15) is 0 Å². The van der Waals surface area contributed by atoms with E-state index in [1.807, 2.05) is 6.92 Å². The second-order valence-corrected chi connectivity index (χ2v) is 4.80. The lowest BCUT2D eigenvalue weighted by molar-refractivity contribution is 0.183. The lowest BCUT2D eigenvalue weighted by Gasteiger charge is -2.18. The highest BCUT2D eigenvalue weighted by atomic mass is 16.5. The molecule has 2 rings (SSSR count). The van der Waals surface area contributed by atoms with Crippen LogP contribution in [-0.2, 0) is 4.74 Å². The van der Waals surface area contributed by atoms with Crippen molar-refractivity contribution in [3.63, 3.8) is 0 Å². The number of benzene rings is 1. The van der Waals surface area contributed by atoms with E-state index >= 15 is 0 Å². The van der Waals surface area contributed by atoms with Gasteiger partial charge in [-0.15, -0.1) is 0 Å². The number of nitrogens with one attached hydrogen (secondary N) is 1. The zero-order valence-corrected chi connectivity index (χ0v) is 11.9. The summed E-state index contributed by atoms with van der Waals surface area (Å²) in [5.74, 6) is 0. The molecule has 0 amide bonds. The van der Waals surface area contributed by atoms with Gasteiger partial charge in [0.15, 0.2) is 0 Å². The Kier molecular flexibility index (Phi) is 4.88. The molecule has 2 aromatic rings. The van der Waals surface area contributed by atoms with Gasteiger partial charge in [-0.2, -0.15) is 0 Å². The molecule has 19 heavy (non-hydrogen) atoms. The Hall–Kier alpha value is -1.45. The van der Waals surface area contributed by atoms with Crippen molar-refractivity contribution in [1.82, 2.24) is 10.3 Å². The maximum Gasteiger partial charge on any atom is 0.0705 e. The summed E-state index contributed by atoms with van der Waals surface area (Å²) in [5.41, 5.74) is 3.42. The average molecular weight is 258 g/mol. The van der Waals surface area contributed by atoms with Gasteiger partial charge < -0.3 is 10.1 Å². The summed E-state index contributed by atoms with van der Waals surface area (Å²) < 4.78 is 5.19. The van der Waals surface area contributed by atoms with E-state index in [-0.39, 0.29) is 0 Å². The lowest BCUT2D eigenvalue weighted by Crippen LogP contribution is -2.22. The molecule has 0 fully saturated rings. The topological polar surface area (TPSA) is 34.1 Å². The molecule has 0 spiro atoms. The minimum absolute atomic E-state index is 0.343. The fourth-order valence-corrected chi connectivity index (χ4v) is 2.33. The van der Waals surface area contributed by atoms with Crippen molar-refractivity contribution in [3.8, 4) is 0 Å². The van der Waals surface area contributed by atoms with Crippen LogP contribution in [0.2, 0.25) is 0 Å². The number of pyridine rings is 1. The summed E-state index contributed by atoms with van der Waals surface area (Å²) in [6.45, 7) is 5.87. The highest BCUT2D eigenvalue weighted by Crippen LogP contribution is 2.22. The molecule has 3 nitrogen and oxygen atoms in total. The van der Waals surface area contributed by atoms with E-state index in [2.05, 4.69) is 47.6 Å². The van der Waals surface area contributed by atoms with Crippen LogP contribution in [0.3, 0.4) is 0 Å². The first-order valence-corrected chi connectivity index (χ1v) is 6.84. The predicted octanol–water partition coefficient (Wildman–Crippen LogP) is 3.23. The van der Waals surface area contributed by atoms with Gasteiger partial charge >= 0.3 is 0 Å². The van der Waals surface area contributed by atoms with Crippen LogP contribution in [0, 0.1) is 6.92 Å². The monoisotopic (exact) mass is 258 g/mol. The van der Waals surface area contributed by atoms with Crippen LogP contribution >= 0.6 is 0 Å². The molecule has 1 N–H and O–H groups in total. The molecule has 0 aliphatic carbocycles.